The quantitative estimate of drug-likeness (QED) is 0.582. The topological polar surface area (TPSA) is 80.7 Å². The summed E-state index contributed by atoms with van der Waals surface area (Å²) in [5.41, 5.74) is 0.116. The Bertz CT molecular complexity index is 682. The number of esters is 1. The highest BCUT2D eigenvalue weighted by Crippen LogP contribution is 2.62. The van der Waals surface area contributed by atoms with Crippen LogP contribution in [0.5, 0.6) is 0 Å². The molecule has 0 amide bonds. The highest BCUT2D eigenvalue weighted by atomic mass is 16.5. The average molecular weight is 346 g/mol. The van der Waals surface area contributed by atoms with E-state index < -0.39 is 17.5 Å². The van der Waals surface area contributed by atoms with Crippen LogP contribution in [0.2, 0.25) is 0 Å². The molecule has 0 aromatic rings. The van der Waals surface area contributed by atoms with Gasteiger partial charge in [0.25, 0.3) is 0 Å². The third-order valence-electron chi connectivity index (χ3n) is 7.59. The minimum Gasteiger partial charge on any atom is -0.468 e. The molecular formula is C20H26O5. The van der Waals surface area contributed by atoms with Gasteiger partial charge in [-0.2, -0.15) is 0 Å². The van der Waals surface area contributed by atoms with Gasteiger partial charge in [-0.1, -0.05) is 12.5 Å². The molecule has 4 aliphatic carbocycles. The Labute approximate surface area is 147 Å². The van der Waals surface area contributed by atoms with Gasteiger partial charge >= 0.3 is 5.97 Å². The second kappa shape index (κ2) is 5.50. The van der Waals surface area contributed by atoms with E-state index in [4.69, 9.17) is 4.74 Å². The highest BCUT2D eigenvalue weighted by molar-refractivity contribution is 6.10. The van der Waals surface area contributed by atoms with E-state index in [-0.39, 0.29) is 35.2 Å². The first-order valence-corrected chi connectivity index (χ1v) is 9.43. The molecular weight excluding hydrogens is 320 g/mol. The van der Waals surface area contributed by atoms with Gasteiger partial charge in [0.15, 0.2) is 11.6 Å². The Morgan fingerprint density at radius 3 is 2.68 bits per heavy atom. The number of rotatable bonds is 1. The molecule has 0 aromatic carbocycles. The number of Topliss-reactive ketones (excluding diaryl/α,β-unsaturated/α-hetero) is 2. The number of methoxy groups -OCH3 is 1. The van der Waals surface area contributed by atoms with E-state index in [2.05, 4.69) is 0 Å². The number of hydrogen-bond donors (Lipinski definition) is 1. The molecule has 4 aliphatic rings. The van der Waals surface area contributed by atoms with Crippen LogP contribution in [0, 0.1) is 22.7 Å². The lowest BCUT2D eigenvalue weighted by Gasteiger charge is -2.53. The summed E-state index contributed by atoms with van der Waals surface area (Å²) in [4.78, 5) is 39.0. The molecule has 0 bridgehead atoms. The summed E-state index contributed by atoms with van der Waals surface area (Å²) < 4.78 is 5.12. The smallest absolute Gasteiger partial charge is 0.320 e. The van der Waals surface area contributed by atoms with Crippen molar-refractivity contribution in [2.75, 3.05) is 7.11 Å². The zero-order valence-electron chi connectivity index (χ0n) is 15.0. The van der Waals surface area contributed by atoms with Crippen LogP contribution in [0.1, 0.15) is 58.3 Å². The zero-order valence-corrected chi connectivity index (χ0v) is 15.0. The largest absolute Gasteiger partial charge is 0.468 e. The minimum absolute atomic E-state index is 0.0478. The summed E-state index contributed by atoms with van der Waals surface area (Å²) in [6.07, 6.45) is 4.30. The number of carbonyl (C=O) groups is 3. The maximum absolute atomic E-state index is 13.1. The van der Waals surface area contributed by atoms with Gasteiger partial charge in [0.1, 0.15) is 5.41 Å². The number of carbonyl (C=O) groups excluding carboxylic acids is 3. The first-order chi connectivity index (χ1) is 11.9. The molecule has 25 heavy (non-hydrogen) atoms. The van der Waals surface area contributed by atoms with Crippen molar-refractivity contribution in [2.24, 2.45) is 22.7 Å². The lowest BCUT2D eigenvalue weighted by molar-refractivity contribution is -0.172. The second-order valence-corrected chi connectivity index (χ2v) is 8.46. The summed E-state index contributed by atoms with van der Waals surface area (Å²) in [6, 6.07) is 0. The SMILES string of the molecule is COC(=O)[C@@]12C(=O)CCC[C@@H]1CC(=O)C1=C3CC[C@H](O)[C@@]3(C)CC[C@H]12. The number of aliphatic hydroxyl groups excluding tert-OH is 1. The van der Waals surface area contributed by atoms with Gasteiger partial charge in [0, 0.05) is 24.2 Å². The van der Waals surface area contributed by atoms with E-state index in [1.54, 1.807) is 0 Å². The molecule has 0 radical (unpaired) electrons. The molecule has 3 saturated carbocycles. The number of ketones is 2. The van der Waals surface area contributed by atoms with Crippen molar-refractivity contribution in [2.45, 2.75) is 64.4 Å². The summed E-state index contributed by atoms with van der Waals surface area (Å²) >= 11 is 0. The Morgan fingerprint density at radius 1 is 1.20 bits per heavy atom. The molecule has 0 saturated heterocycles. The predicted molar refractivity (Wildman–Crippen MR) is 89.5 cm³/mol. The van der Waals surface area contributed by atoms with Crippen molar-refractivity contribution in [1.29, 1.82) is 0 Å². The van der Waals surface area contributed by atoms with Crippen LogP contribution in [0.25, 0.3) is 0 Å². The monoisotopic (exact) mass is 346 g/mol. The zero-order chi connectivity index (χ0) is 18.0. The van der Waals surface area contributed by atoms with Crippen LogP contribution in [-0.2, 0) is 19.1 Å². The van der Waals surface area contributed by atoms with Gasteiger partial charge < -0.3 is 9.84 Å². The molecule has 5 heteroatoms. The molecule has 0 unspecified atom stereocenters. The van der Waals surface area contributed by atoms with Crippen molar-refractivity contribution in [1.82, 2.24) is 0 Å². The van der Waals surface area contributed by atoms with Crippen molar-refractivity contribution >= 4 is 17.5 Å². The van der Waals surface area contributed by atoms with Gasteiger partial charge in [-0.05, 0) is 50.0 Å². The lowest BCUT2D eigenvalue weighted by atomic mass is 9.48. The Hall–Kier alpha value is -1.49. The lowest BCUT2D eigenvalue weighted by Crippen LogP contribution is -2.59. The normalized spacial score (nSPS) is 43.4. The standard InChI is InChI=1S/C20H26O5/c1-19-9-8-13-17(12(19)6-7-15(19)22)14(21)10-11-4-3-5-16(23)20(11,13)18(24)25-2/h11,13,15,22H,3-10H2,1-2H3/t11-,13-,15+,19+,20+/m1/s1. The fourth-order valence-corrected chi connectivity index (χ4v) is 6.30. The Kier molecular flexibility index (Phi) is 3.73. The van der Waals surface area contributed by atoms with Gasteiger partial charge in [0.2, 0.25) is 0 Å². The molecule has 4 rings (SSSR count). The number of hydrogen-bond acceptors (Lipinski definition) is 5. The molecule has 3 fully saturated rings. The summed E-state index contributed by atoms with van der Waals surface area (Å²) in [7, 11) is 1.34. The van der Waals surface area contributed by atoms with E-state index in [1.807, 2.05) is 6.92 Å². The second-order valence-electron chi connectivity index (χ2n) is 8.46. The van der Waals surface area contributed by atoms with E-state index in [1.165, 1.54) is 7.11 Å². The molecule has 5 nitrogen and oxygen atoms in total. The van der Waals surface area contributed by atoms with Crippen LogP contribution in [0.4, 0.5) is 0 Å². The number of ether oxygens (including phenoxy) is 1. The van der Waals surface area contributed by atoms with Crippen molar-refractivity contribution in [3.63, 3.8) is 0 Å². The first-order valence-electron chi connectivity index (χ1n) is 9.43. The van der Waals surface area contributed by atoms with Crippen LogP contribution in [-0.4, -0.2) is 35.9 Å². The average Bonchev–Trinajstić information content (AvgIpc) is 2.89. The van der Waals surface area contributed by atoms with Crippen LogP contribution in [0.3, 0.4) is 0 Å². The van der Waals surface area contributed by atoms with Crippen molar-refractivity contribution in [3.8, 4) is 0 Å². The molecule has 1 N–H and O–H groups in total. The number of allylic oxidation sites excluding steroid dienone is 1. The van der Waals surface area contributed by atoms with E-state index >= 15 is 0 Å². The van der Waals surface area contributed by atoms with Crippen LogP contribution < -0.4 is 0 Å². The molecule has 0 spiro atoms. The molecule has 5 atom stereocenters. The van der Waals surface area contributed by atoms with E-state index in [0.717, 1.165) is 18.4 Å². The summed E-state index contributed by atoms with van der Waals surface area (Å²) in [5, 5.41) is 10.5. The highest BCUT2D eigenvalue weighted by Gasteiger charge is 2.65. The number of aliphatic hydroxyl groups is 1. The van der Waals surface area contributed by atoms with Crippen LogP contribution in [0.15, 0.2) is 11.1 Å². The fraction of sp³-hybridized carbons (Fsp3) is 0.750. The van der Waals surface area contributed by atoms with E-state index in [0.29, 0.717) is 37.7 Å². The predicted octanol–water partition coefficient (Wildman–Crippen LogP) is 2.36. The van der Waals surface area contributed by atoms with Gasteiger partial charge in [-0.15, -0.1) is 0 Å². The third kappa shape index (κ3) is 1.96. The Morgan fingerprint density at radius 2 is 1.96 bits per heavy atom. The Balaban J connectivity index is 1.92. The molecule has 0 aliphatic heterocycles. The molecule has 136 valence electrons. The molecule has 0 heterocycles. The number of fused-ring (bicyclic) bond motifs is 4. The minimum atomic E-state index is -1.18. The van der Waals surface area contributed by atoms with Gasteiger partial charge in [0.05, 0.1) is 13.2 Å². The summed E-state index contributed by atoms with van der Waals surface area (Å²) in [5.74, 6) is -1.03. The summed E-state index contributed by atoms with van der Waals surface area (Å²) in [6.45, 7) is 2.02. The van der Waals surface area contributed by atoms with Crippen molar-refractivity contribution in [3.05, 3.63) is 11.1 Å². The van der Waals surface area contributed by atoms with Crippen LogP contribution >= 0.6 is 0 Å². The molecule has 0 aromatic heterocycles. The van der Waals surface area contributed by atoms with Gasteiger partial charge in [-0.25, -0.2) is 0 Å². The van der Waals surface area contributed by atoms with E-state index in [9.17, 15) is 19.5 Å². The maximum atomic E-state index is 13.1. The van der Waals surface area contributed by atoms with Gasteiger partial charge in [-0.3, -0.25) is 14.4 Å². The van der Waals surface area contributed by atoms with Crippen molar-refractivity contribution < 1.29 is 24.2 Å². The fourth-order valence-electron chi connectivity index (χ4n) is 6.30. The first kappa shape index (κ1) is 17.0. The maximum Gasteiger partial charge on any atom is 0.320 e. The third-order valence-corrected chi connectivity index (χ3v) is 7.59.